The minimum absolute atomic E-state index is 0.153. The summed E-state index contributed by atoms with van der Waals surface area (Å²) in [6.45, 7) is 3.51. The number of aromatic nitrogens is 3. The first-order chi connectivity index (χ1) is 11.0. The monoisotopic (exact) mass is 308 g/mol. The van der Waals surface area contributed by atoms with Gasteiger partial charge in [-0.1, -0.05) is 24.3 Å². The Labute approximate surface area is 132 Å². The Bertz CT molecular complexity index is 947. The topological polar surface area (TPSA) is 76.9 Å². The zero-order valence-corrected chi connectivity index (χ0v) is 12.9. The van der Waals surface area contributed by atoms with Gasteiger partial charge in [0, 0.05) is 11.1 Å². The number of aryl methyl sites for hydroxylation is 2. The fraction of sp³-hybridized carbons (Fsp3) is 0.176. The molecule has 0 saturated carbocycles. The van der Waals surface area contributed by atoms with Crippen molar-refractivity contribution in [1.29, 1.82) is 0 Å². The quantitative estimate of drug-likeness (QED) is 0.803. The minimum Gasteiger partial charge on any atom is -0.309 e. The molecule has 1 N–H and O–H groups in total. The van der Waals surface area contributed by atoms with E-state index < -0.39 is 0 Å². The summed E-state index contributed by atoms with van der Waals surface area (Å²) in [5.74, 6) is 0.118. The molecular formula is C17H16N4O2. The van der Waals surface area contributed by atoms with Crippen molar-refractivity contribution in [3.05, 3.63) is 64.2 Å². The van der Waals surface area contributed by atoms with E-state index in [2.05, 4.69) is 15.4 Å². The third-order valence-electron chi connectivity index (χ3n) is 3.50. The first-order valence-corrected chi connectivity index (χ1v) is 7.24. The number of amides is 1. The van der Waals surface area contributed by atoms with Gasteiger partial charge in [0.15, 0.2) is 0 Å². The molecule has 1 aromatic carbocycles. The summed E-state index contributed by atoms with van der Waals surface area (Å²) in [7, 11) is 0. The molecule has 0 atom stereocenters. The zero-order chi connectivity index (χ0) is 16.4. The number of nitrogens with one attached hydrogen (secondary N) is 1. The maximum absolute atomic E-state index is 12.4. The lowest BCUT2D eigenvalue weighted by atomic mass is 10.1. The molecule has 0 radical (unpaired) electrons. The van der Waals surface area contributed by atoms with Crippen LogP contribution in [0.5, 0.6) is 0 Å². The van der Waals surface area contributed by atoms with Crippen molar-refractivity contribution in [2.75, 3.05) is 5.32 Å². The highest BCUT2D eigenvalue weighted by Crippen LogP contribution is 2.11. The summed E-state index contributed by atoms with van der Waals surface area (Å²) in [6.07, 6.45) is 0. The number of nitrogens with zero attached hydrogens (tertiary/aromatic N) is 3. The van der Waals surface area contributed by atoms with E-state index in [9.17, 15) is 9.59 Å². The summed E-state index contributed by atoms with van der Waals surface area (Å²) < 4.78 is 1.18. The van der Waals surface area contributed by atoms with Crippen molar-refractivity contribution in [1.82, 2.24) is 14.8 Å². The molecule has 0 aliphatic rings. The van der Waals surface area contributed by atoms with Crippen molar-refractivity contribution >= 4 is 22.5 Å². The molecule has 0 fully saturated rings. The van der Waals surface area contributed by atoms with Crippen molar-refractivity contribution in [3.63, 3.8) is 0 Å². The van der Waals surface area contributed by atoms with Crippen molar-refractivity contribution in [2.45, 2.75) is 20.4 Å². The second kappa shape index (κ2) is 6.00. The Morgan fingerprint density at radius 3 is 2.57 bits per heavy atom. The third-order valence-corrected chi connectivity index (χ3v) is 3.50. The first kappa shape index (κ1) is 14.9. The smallest absolute Gasteiger partial charge is 0.275 e. The van der Waals surface area contributed by atoms with Gasteiger partial charge < -0.3 is 5.32 Å². The highest BCUT2D eigenvalue weighted by molar-refractivity contribution is 5.90. The van der Waals surface area contributed by atoms with E-state index in [1.807, 2.05) is 38.1 Å². The van der Waals surface area contributed by atoms with Crippen LogP contribution in [0.4, 0.5) is 5.82 Å². The van der Waals surface area contributed by atoms with E-state index in [-0.39, 0.29) is 18.0 Å². The molecule has 3 rings (SSSR count). The lowest BCUT2D eigenvalue weighted by molar-refractivity contribution is -0.117. The number of benzene rings is 1. The first-order valence-electron chi connectivity index (χ1n) is 7.24. The lowest BCUT2D eigenvalue weighted by Crippen LogP contribution is -2.30. The summed E-state index contributed by atoms with van der Waals surface area (Å²) in [6, 6.07) is 12.6. The number of fused-ring (bicyclic) bond motifs is 1. The fourth-order valence-corrected chi connectivity index (χ4v) is 2.44. The number of hydrogen-bond acceptors (Lipinski definition) is 4. The average Bonchev–Trinajstić information content (AvgIpc) is 2.52. The maximum Gasteiger partial charge on any atom is 0.275 e. The van der Waals surface area contributed by atoms with Crippen LogP contribution < -0.4 is 10.9 Å². The molecule has 2 aromatic heterocycles. The molecule has 116 valence electrons. The van der Waals surface area contributed by atoms with Crippen LogP contribution in [0.1, 0.15) is 11.4 Å². The highest BCUT2D eigenvalue weighted by Gasteiger charge is 2.11. The molecule has 2 heterocycles. The molecule has 0 bridgehead atoms. The third kappa shape index (κ3) is 3.11. The van der Waals surface area contributed by atoms with Crippen molar-refractivity contribution in [3.8, 4) is 0 Å². The number of carbonyl (C=O) groups excluding carboxylic acids is 1. The normalized spacial score (nSPS) is 10.7. The van der Waals surface area contributed by atoms with E-state index in [4.69, 9.17) is 0 Å². The van der Waals surface area contributed by atoms with E-state index in [0.29, 0.717) is 16.9 Å². The molecule has 0 unspecified atom stereocenters. The summed E-state index contributed by atoms with van der Waals surface area (Å²) in [5.41, 5.74) is 1.24. The molecule has 0 aliphatic carbocycles. The van der Waals surface area contributed by atoms with Crippen LogP contribution in [0, 0.1) is 13.8 Å². The van der Waals surface area contributed by atoms with Gasteiger partial charge in [0.05, 0.1) is 11.1 Å². The van der Waals surface area contributed by atoms with E-state index in [1.54, 1.807) is 18.2 Å². The average molecular weight is 308 g/mol. The van der Waals surface area contributed by atoms with Gasteiger partial charge in [-0.05, 0) is 32.0 Å². The largest absolute Gasteiger partial charge is 0.309 e. The predicted octanol–water partition coefficient (Wildman–Crippen LogP) is 2.05. The molecule has 0 spiro atoms. The van der Waals surface area contributed by atoms with E-state index in [1.165, 1.54) is 4.68 Å². The van der Waals surface area contributed by atoms with Crippen LogP contribution in [-0.2, 0) is 11.3 Å². The summed E-state index contributed by atoms with van der Waals surface area (Å²) in [5, 5.41) is 8.26. The van der Waals surface area contributed by atoms with Crippen LogP contribution >= 0.6 is 0 Å². The summed E-state index contributed by atoms with van der Waals surface area (Å²) >= 11 is 0. The number of rotatable bonds is 3. The van der Waals surface area contributed by atoms with Gasteiger partial charge >= 0.3 is 0 Å². The molecular weight excluding hydrogens is 292 g/mol. The van der Waals surface area contributed by atoms with Gasteiger partial charge in [-0.3, -0.25) is 9.59 Å². The van der Waals surface area contributed by atoms with Gasteiger partial charge in [-0.25, -0.2) is 9.67 Å². The maximum atomic E-state index is 12.4. The van der Waals surface area contributed by atoms with Crippen LogP contribution in [0.2, 0.25) is 0 Å². The molecule has 0 saturated heterocycles. The second-order valence-electron chi connectivity index (χ2n) is 5.31. The number of hydrogen-bond donors (Lipinski definition) is 1. The molecule has 3 aromatic rings. The van der Waals surface area contributed by atoms with Gasteiger partial charge in [0.2, 0.25) is 5.91 Å². The van der Waals surface area contributed by atoms with Crippen LogP contribution in [0.25, 0.3) is 10.8 Å². The van der Waals surface area contributed by atoms with Crippen molar-refractivity contribution < 1.29 is 4.79 Å². The van der Waals surface area contributed by atoms with Crippen LogP contribution in [0.15, 0.2) is 47.3 Å². The fourth-order valence-electron chi connectivity index (χ4n) is 2.44. The SMILES string of the molecule is Cc1cccc(NC(=O)Cn2nc(C)c3ccccc3c2=O)n1. The Morgan fingerprint density at radius 2 is 1.83 bits per heavy atom. The lowest BCUT2D eigenvalue weighted by Gasteiger charge is -2.09. The predicted molar refractivity (Wildman–Crippen MR) is 88.3 cm³/mol. The molecule has 6 heteroatoms. The summed E-state index contributed by atoms with van der Waals surface area (Å²) in [4.78, 5) is 28.8. The number of carbonyl (C=O) groups is 1. The second-order valence-corrected chi connectivity index (χ2v) is 5.31. The number of anilines is 1. The van der Waals surface area contributed by atoms with Gasteiger partial charge in [-0.15, -0.1) is 0 Å². The van der Waals surface area contributed by atoms with E-state index >= 15 is 0 Å². The zero-order valence-electron chi connectivity index (χ0n) is 12.9. The van der Waals surface area contributed by atoms with Gasteiger partial charge in [0.25, 0.3) is 5.56 Å². The highest BCUT2D eigenvalue weighted by atomic mass is 16.2. The molecule has 23 heavy (non-hydrogen) atoms. The van der Waals surface area contributed by atoms with Gasteiger partial charge in [0.1, 0.15) is 12.4 Å². The van der Waals surface area contributed by atoms with E-state index in [0.717, 1.165) is 11.1 Å². The van der Waals surface area contributed by atoms with Crippen LogP contribution in [-0.4, -0.2) is 20.7 Å². The Hall–Kier alpha value is -3.02. The Balaban J connectivity index is 1.88. The molecule has 0 aliphatic heterocycles. The molecule has 6 nitrogen and oxygen atoms in total. The van der Waals surface area contributed by atoms with Crippen LogP contribution in [0.3, 0.4) is 0 Å². The van der Waals surface area contributed by atoms with Crippen molar-refractivity contribution in [2.24, 2.45) is 0 Å². The number of pyridine rings is 1. The Kier molecular flexibility index (Phi) is 3.89. The minimum atomic E-state index is -0.340. The Morgan fingerprint density at radius 1 is 1.09 bits per heavy atom. The molecule has 1 amide bonds. The standard InChI is InChI=1S/C17H16N4O2/c1-11-6-5-9-15(18-11)19-16(22)10-21-17(23)14-8-4-3-7-13(14)12(2)20-21/h3-9H,10H2,1-2H3,(H,18,19,22). The van der Waals surface area contributed by atoms with Gasteiger partial charge in [-0.2, -0.15) is 5.10 Å².